The zero-order valence-corrected chi connectivity index (χ0v) is 15.1. The fourth-order valence-corrected chi connectivity index (χ4v) is 3.74. The van der Waals surface area contributed by atoms with Crippen molar-refractivity contribution in [2.24, 2.45) is 0 Å². The van der Waals surface area contributed by atoms with Crippen LogP contribution >= 0.6 is 0 Å². The van der Waals surface area contributed by atoms with E-state index in [2.05, 4.69) is 78.9 Å². The first kappa shape index (κ1) is 15.7. The second-order valence-electron chi connectivity index (χ2n) is 6.72. The minimum absolute atomic E-state index is 0.786. The summed E-state index contributed by atoms with van der Waals surface area (Å²) in [4.78, 5) is 9.72. The number of aromatic nitrogens is 2. The summed E-state index contributed by atoms with van der Waals surface area (Å²) in [5, 5.41) is 3.50. The highest BCUT2D eigenvalue weighted by molar-refractivity contribution is 6.17. The molecule has 5 aromatic rings. The van der Waals surface area contributed by atoms with Crippen molar-refractivity contribution in [3.63, 3.8) is 0 Å². The molecular formula is C25H18N2. The van der Waals surface area contributed by atoms with Crippen molar-refractivity contribution in [1.29, 1.82) is 0 Å². The van der Waals surface area contributed by atoms with Crippen molar-refractivity contribution in [2.45, 2.75) is 6.92 Å². The van der Waals surface area contributed by atoms with Crippen molar-refractivity contribution < 1.29 is 0 Å². The first-order valence-corrected chi connectivity index (χ1v) is 9.12. The molecule has 0 spiro atoms. The summed E-state index contributed by atoms with van der Waals surface area (Å²) in [6, 6.07) is 31.6. The minimum Gasteiger partial charge on any atom is -0.233 e. The average molecular weight is 346 g/mol. The van der Waals surface area contributed by atoms with Gasteiger partial charge in [0.15, 0.2) is 0 Å². The molecule has 2 nitrogen and oxygen atoms in total. The topological polar surface area (TPSA) is 25.8 Å². The summed E-state index contributed by atoms with van der Waals surface area (Å²) in [5.41, 5.74) is 5.43. The van der Waals surface area contributed by atoms with E-state index in [1.807, 2.05) is 19.1 Å². The van der Waals surface area contributed by atoms with Gasteiger partial charge in [-0.2, -0.15) is 0 Å². The molecule has 0 N–H and O–H groups in total. The summed E-state index contributed by atoms with van der Waals surface area (Å²) in [6.45, 7) is 1.97. The van der Waals surface area contributed by atoms with E-state index in [0.717, 1.165) is 33.5 Å². The third kappa shape index (κ3) is 2.67. The Kier molecular flexibility index (Phi) is 3.68. The summed E-state index contributed by atoms with van der Waals surface area (Å²) >= 11 is 0. The molecule has 0 bridgehead atoms. The molecule has 0 aliphatic rings. The molecule has 0 unspecified atom stereocenters. The van der Waals surface area contributed by atoms with Crippen molar-refractivity contribution >= 4 is 21.7 Å². The van der Waals surface area contributed by atoms with Crippen molar-refractivity contribution in [1.82, 2.24) is 9.97 Å². The van der Waals surface area contributed by atoms with Gasteiger partial charge in [-0.25, -0.2) is 9.97 Å². The maximum atomic E-state index is 4.88. The number of benzene rings is 4. The molecule has 128 valence electrons. The number of aryl methyl sites for hydroxylation is 1. The molecule has 4 aromatic carbocycles. The number of hydrogen-bond donors (Lipinski definition) is 0. The van der Waals surface area contributed by atoms with Crippen LogP contribution in [0.3, 0.4) is 0 Å². The average Bonchev–Trinajstić information content (AvgIpc) is 2.73. The van der Waals surface area contributed by atoms with Gasteiger partial charge >= 0.3 is 0 Å². The van der Waals surface area contributed by atoms with E-state index in [1.165, 1.54) is 16.3 Å². The highest BCUT2D eigenvalue weighted by Gasteiger charge is 2.16. The predicted octanol–water partition coefficient (Wildman–Crippen LogP) is 6.43. The fourth-order valence-electron chi connectivity index (χ4n) is 3.74. The van der Waals surface area contributed by atoms with Crippen molar-refractivity contribution in [3.8, 4) is 22.4 Å². The van der Waals surface area contributed by atoms with Crippen LogP contribution in [0.1, 0.15) is 5.82 Å². The Morgan fingerprint density at radius 3 is 2.00 bits per heavy atom. The minimum atomic E-state index is 0.786. The fraction of sp³-hybridized carbons (Fsp3) is 0.0400. The third-order valence-electron chi connectivity index (χ3n) is 4.94. The van der Waals surface area contributed by atoms with Crippen LogP contribution in [0.5, 0.6) is 0 Å². The number of rotatable bonds is 2. The van der Waals surface area contributed by atoms with E-state index in [1.54, 1.807) is 0 Å². The first-order chi connectivity index (χ1) is 13.3. The summed E-state index contributed by atoms with van der Waals surface area (Å²) in [6.07, 6.45) is 0. The largest absolute Gasteiger partial charge is 0.233 e. The van der Waals surface area contributed by atoms with Gasteiger partial charge in [-0.15, -0.1) is 0 Å². The van der Waals surface area contributed by atoms with E-state index in [4.69, 9.17) is 9.97 Å². The lowest BCUT2D eigenvalue weighted by Gasteiger charge is -2.14. The molecule has 0 aliphatic heterocycles. The molecule has 0 saturated carbocycles. The molecule has 0 atom stereocenters. The maximum absolute atomic E-state index is 4.88. The van der Waals surface area contributed by atoms with Crippen LogP contribution in [-0.2, 0) is 0 Å². The van der Waals surface area contributed by atoms with Crippen LogP contribution in [0.4, 0.5) is 0 Å². The SMILES string of the molecule is Cc1nc(-c2ccccc2)c2c(n1)c(-c1ccccc1)cc1ccccc12. The molecule has 0 radical (unpaired) electrons. The Balaban J connectivity index is 2.00. The van der Waals surface area contributed by atoms with E-state index in [9.17, 15) is 0 Å². The molecule has 0 saturated heterocycles. The number of hydrogen-bond acceptors (Lipinski definition) is 2. The first-order valence-electron chi connectivity index (χ1n) is 9.12. The molecule has 0 amide bonds. The van der Waals surface area contributed by atoms with E-state index >= 15 is 0 Å². The molecule has 0 aliphatic carbocycles. The molecule has 27 heavy (non-hydrogen) atoms. The Bertz CT molecular complexity index is 1260. The second-order valence-corrected chi connectivity index (χ2v) is 6.72. The van der Waals surface area contributed by atoms with Crippen LogP contribution in [0, 0.1) is 6.92 Å². The Morgan fingerprint density at radius 2 is 1.26 bits per heavy atom. The normalized spacial score (nSPS) is 11.1. The molecule has 2 heteroatoms. The summed E-state index contributed by atoms with van der Waals surface area (Å²) in [5.74, 6) is 0.786. The lowest BCUT2D eigenvalue weighted by atomic mass is 9.94. The van der Waals surface area contributed by atoms with Gasteiger partial charge in [0.25, 0.3) is 0 Å². The van der Waals surface area contributed by atoms with Crippen LogP contribution in [-0.4, -0.2) is 9.97 Å². The highest BCUT2D eigenvalue weighted by atomic mass is 14.9. The quantitative estimate of drug-likeness (QED) is 0.344. The van der Waals surface area contributed by atoms with Gasteiger partial charge in [-0.05, 0) is 29.3 Å². The van der Waals surface area contributed by atoms with Crippen LogP contribution in [0.25, 0.3) is 44.1 Å². The van der Waals surface area contributed by atoms with Crippen molar-refractivity contribution in [2.75, 3.05) is 0 Å². The number of fused-ring (bicyclic) bond motifs is 3. The van der Waals surface area contributed by atoms with Gasteiger partial charge in [0, 0.05) is 16.5 Å². The summed E-state index contributed by atoms with van der Waals surface area (Å²) < 4.78 is 0. The smallest absolute Gasteiger partial charge is 0.126 e. The third-order valence-corrected chi connectivity index (χ3v) is 4.94. The Labute approximate surface area is 158 Å². The monoisotopic (exact) mass is 346 g/mol. The number of nitrogens with zero attached hydrogens (tertiary/aromatic N) is 2. The van der Waals surface area contributed by atoms with Gasteiger partial charge in [-0.3, -0.25) is 0 Å². The highest BCUT2D eigenvalue weighted by Crippen LogP contribution is 2.38. The lowest BCUT2D eigenvalue weighted by Crippen LogP contribution is -1.97. The van der Waals surface area contributed by atoms with Gasteiger partial charge in [0.1, 0.15) is 5.82 Å². The lowest BCUT2D eigenvalue weighted by molar-refractivity contribution is 1.10. The zero-order chi connectivity index (χ0) is 18.2. The molecule has 1 aromatic heterocycles. The molecule has 0 fully saturated rings. The van der Waals surface area contributed by atoms with E-state index in [0.29, 0.717) is 0 Å². The van der Waals surface area contributed by atoms with E-state index < -0.39 is 0 Å². The maximum Gasteiger partial charge on any atom is 0.126 e. The predicted molar refractivity (Wildman–Crippen MR) is 113 cm³/mol. The van der Waals surface area contributed by atoms with Crippen LogP contribution in [0.15, 0.2) is 91.0 Å². The van der Waals surface area contributed by atoms with Crippen LogP contribution < -0.4 is 0 Å². The summed E-state index contributed by atoms with van der Waals surface area (Å²) in [7, 11) is 0. The van der Waals surface area contributed by atoms with Crippen LogP contribution in [0.2, 0.25) is 0 Å². The standard InChI is InChI=1S/C25H18N2/c1-17-26-24(19-12-6-3-7-13-19)23-21-15-9-8-14-20(21)16-22(25(23)27-17)18-10-4-2-5-11-18/h2-16H,1H3. The molecule has 5 rings (SSSR count). The second kappa shape index (κ2) is 6.33. The van der Waals surface area contributed by atoms with Gasteiger partial charge in [-0.1, -0.05) is 84.9 Å². The van der Waals surface area contributed by atoms with Gasteiger partial charge in [0.05, 0.1) is 11.2 Å². The van der Waals surface area contributed by atoms with Gasteiger partial charge < -0.3 is 0 Å². The molecular weight excluding hydrogens is 328 g/mol. The van der Waals surface area contributed by atoms with Crippen molar-refractivity contribution in [3.05, 3.63) is 96.8 Å². The zero-order valence-electron chi connectivity index (χ0n) is 15.1. The van der Waals surface area contributed by atoms with Gasteiger partial charge in [0.2, 0.25) is 0 Å². The van der Waals surface area contributed by atoms with E-state index in [-0.39, 0.29) is 0 Å². The Hall–Kier alpha value is -3.52. The Morgan fingerprint density at radius 1 is 0.630 bits per heavy atom. The molecule has 1 heterocycles.